The predicted molar refractivity (Wildman–Crippen MR) is 80.0 cm³/mol. The summed E-state index contributed by atoms with van der Waals surface area (Å²) in [6, 6.07) is 5.93. The molecule has 1 aliphatic rings. The van der Waals surface area contributed by atoms with E-state index in [2.05, 4.69) is 10.2 Å². The summed E-state index contributed by atoms with van der Waals surface area (Å²) >= 11 is 0. The van der Waals surface area contributed by atoms with E-state index in [4.69, 9.17) is 10.5 Å². The summed E-state index contributed by atoms with van der Waals surface area (Å²) < 4.78 is 5.15. The van der Waals surface area contributed by atoms with E-state index < -0.39 is 0 Å². The molecule has 5 nitrogen and oxygen atoms in total. The van der Waals surface area contributed by atoms with Gasteiger partial charge in [-0.1, -0.05) is 0 Å². The van der Waals surface area contributed by atoms with Gasteiger partial charge in [0.1, 0.15) is 5.75 Å². The molecule has 1 aromatic rings. The maximum absolute atomic E-state index is 12.1. The molecule has 0 atom stereocenters. The van der Waals surface area contributed by atoms with Crippen LogP contribution in [0.3, 0.4) is 0 Å². The van der Waals surface area contributed by atoms with E-state index in [1.165, 1.54) is 0 Å². The van der Waals surface area contributed by atoms with Crippen molar-refractivity contribution in [3.63, 3.8) is 0 Å². The molecule has 20 heavy (non-hydrogen) atoms. The first-order valence-electron chi connectivity index (χ1n) is 7.01. The lowest BCUT2D eigenvalue weighted by Gasteiger charge is -2.29. The third kappa shape index (κ3) is 3.95. The third-order valence-electron chi connectivity index (χ3n) is 3.71. The number of nitrogens with zero attached hydrogens (tertiary/aromatic N) is 1. The topological polar surface area (TPSA) is 67.6 Å². The number of carbonyl (C=O) groups excluding carboxylic acids is 1. The Labute approximate surface area is 120 Å². The fourth-order valence-corrected chi connectivity index (χ4v) is 2.41. The molecule has 2 rings (SSSR count). The summed E-state index contributed by atoms with van der Waals surface area (Å²) in [4.78, 5) is 14.2. The molecule has 3 N–H and O–H groups in total. The standard InChI is InChI=1S/C15H23N3O2/c1-11-9-13(20-2)3-4-14(11)17-15(19)10-18-7-5-12(16)6-8-18/h3-4,9,12H,5-8,10,16H2,1-2H3,(H,17,19). The summed E-state index contributed by atoms with van der Waals surface area (Å²) in [6.07, 6.45) is 1.93. The zero-order valence-electron chi connectivity index (χ0n) is 12.2. The average Bonchev–Trinajstić information content (AvgIpc) is 2.43. The second-order valence-electron chi connectivity index (χ2n) is 5.34. The lowest BCUT2D eigenvalue weighted by molar-refractivity contribution is -0.117. The Morgan fingerprint density at radius 3 is 2.75 bits per heavy atom. The predicted octanol–water partition coefficient (Wildman–Crippen LogP) is 1.37. The Bertz CT molecular complexity index is 468. The zero-order chi connectivity index (χ0) is 14.5. The summed E-state index contributed by atoms with van der Waals surface area (Å²) in [6.45, 7) is 4.18. The van der Waals surface area contributed by atoms with E-state index in [9.17, 15) is 4.79 Å². The molecule has 0 aliphatic carbocycles. The number of piperidine rings is 1. The minimum Gasteiger partial charge on any atom is -0.497 e. The second kappa shape index (κ2) is 6.72. The molecule has 1 amide bonds. The van der Waals surface area contributed by atoms with Crippen LogP contribution in [0.25, 0.3) is 0 Å². The van der Waals surface area contributed by atoms with E-state index in [1.807, 2.05) is 25.1 Å². The Morgan fingerprint density at radius 2 is 2.15 bits per heavy atom. The highest BCUT2D eigenvalue weighted by atomic mass is 16.5. The van der Waals surface area contributed by atoms with Crippen molar-refractivity contribution < 1.29 is 9.53 Å². The van der Waals surface area contributed by atoms with Crippen LogP contribution in [0.1, 0.15) is 18.4 Å². The molecule has 1 aromatic carbocycles. The van der Waals surface area contributed by atoms with Crippen molar-refractivity contribution >= 4 is 11.6 Å². The summed E-state index contributed by atoms with van der Waals surface area (Å²) in [5.41, 5.74) is 7.70. The molecule has 0 bridgehead atoms. The van der Waals surface area contributed by atoms with Gasteiger partial charge in [-0.05, 0) is 43.5 Å². The van der Waals surface area contributed by atoms with Crippen molar-refractivity contribution in [1.29, 1.82) is 0 Å². The quantitative estimate of drug-likeness (QED) is 0.872. The smallest absolute Gasteiger partial charge is 0.238 e. The van der Waals surface area contributed by atoms with Crippen LogP contribution in [0.5, 0.6) is 5.75 Å². The average molecular weight is 277 g/mol. The number of methoxy groups -OCH3 is 1. The van der Waals surface area contributed by atoms with E-state index in [-0.39, 0.29) is 11.9 Å². The van der Waals surface area contributed by atoms with Crippen molar-refractivity contribution in [3.8, 4) is 5.75 Å². The van der Waals surface area contributed by atoms with Crippen LogP contribution in [-0.2, 0) is 4.79 Å². The van der Waals surface area contributed by atoms with E-state index in [0.717, 1.165) is 42.9 Å². The molecule has 1 fully saturated rings. The Morgan fingerprint density at radius 1 is 1.45 bits per heavy atom. The second-order valence-corrected chi connectivity index (χ2v) is 5.34. The molecule has 0 aromatic heterocycles. The van der Waals surface area contributed by atoms with E-state index in [0.29, 0.717) is 6.54 Å². The van der Waals surface area contributed by atoms with Crippen LogP contribution in [-0.4, -0.2) is 43.6 Å². The number of nitrogens with one attached hydrogen (secondary N) is 1. The maximum Gasteiger partial charge on any atom is 0.238 e. The Kier molecular flexibility index (Phi) is 4.98. The number of nitrogens with two attached hydrogens (primary N) is 1. The van der Waals surface area contributed by atoms with Gasteiger partial charge in [0.05, 0.1) is 13.7 Å². The summed E-state index contributed by atoms with van der Waals surface area (Å²) in [5, 5.41) is 2.95. The summed E-state index contributed by atoms with van der Waals surface area (Å²) in [7, 11) is 1.63. The first-order chi connectivity index (χ1) is 9.58. The van der Waals surface area contributed by atoms with Gasteiger partial charge < -0.3 is 15.8 Å². The van der Waals surface area contributed by atoms with E-state index in [1.54, 1.807) is 7.11 Å². The molecule has 110 valence electrons. The molecule has 1 heterocycles. The highest BCUT2D eigenvalue weighted by molar-refractivity contribution is 5.93. The molecule has 1 aliphatic heterocycles. The minimum absolute atomic E-state index is 0.0220. The largest absolute Gasteiger partial charge is 0.497 e. The van der Waals surface area contributed by atoms with Crippen LogP contribution in [0, 0.1) is 6.92 Å². The number of carbonyl (C=O) groups is 1. The lowest BCUT2D eigenvalue weighted by atomic mass is 10.1. The van der Waals surface area contributed by atoms with Crippen molar-refractivity contribution in [2.45, 2.75) is 25.8 Å². The number of aryl methyl sites for hydroxylation is 1. The zero-order valence-corrected chi connectivity index (χ0v) is 12.2. The van der Waals surface area contributed by atoms with Crippen molar-refractivity contribution in [3.05, 3.63) is 23.8 Å². The first kappa shape index (κ1) is 14.8. The van der Waals surface area contributed by atoms with Crippen molar-refractivity contribution in [2.24, 2.45) is 5.73 Å². The number of rotatable bonds is 4. The number of anilines is 1. The van der Waals surface area contributed by atoms with Gasteiger partial charge in [-0.3, -0.25) is 9.69 Å². The Hall–Kier alpha value is -1.59. The van der Waals surface area contributed by atoms with Gasteiger partial charge in [0.25, 0.3) is 0 Å². The van der Waals surface area contributed by atoms with Crippen LogP contribution >= 0.6 is 0 Å². The van der Waals surface area contributed by atoms with Gasteiger partial charge in [-0.2, -0.15) is 0 Å². The fourth-order valence-electron chi connectivity index (χ4n) is 2.41. The number of amides is 1. The number of benzene rings is 1. The molecular weight excluding hydrogens is 254 g/mol. The maximum atomic E-state index is 12.1. The SMILES string of the molecule is COc1ccc(NC(=O)CN2CCC(N)CC2)c(C)c1. The fraction of sp³-hybridized carbons (Fsp3) is 0.533. The Balaban J connectivity index is 1.88. The van der Waals surface area contributed by atoms with Crippen molar-refractivity contribution in [1.82, 2.24) is 4.90 Å². The van der Waals surface area contributed by atoms with Crippen molar-refractivity contribution in [2.75, 3.05) is 32.1 Å². The van der Waals surface area contributed by atoms with Gasteiger partial charge in [0.2, 0.25) is 5.91 Å². The van der Waals surface area contributed by atoms with Gasteiger partial charge in [0.15, 0.2) is 0 Å². The molecule has 0 spiro atoms. The third-order valence-corrected chi connectivity index (χ3v) is 3.71. The van der Waals surface area contributed by atoms with Crippen LogP contribution in [0.4, 0.5) is 5.69 Å². The van der Waals surface area contributed by atoms with Crippen LogP contribution in [0.15, 0.2) is 18.2 Å². The minimum atomic E-state index is 0.0220. The van der Waals surface area contributed by atoms with Crippen LogP contribution < -0.4 is 15.8 Å². The van der Waals surface area contributed by atoms with Gasteiger partial charge in [-0.15, -0.1) is 0 Å². The van der Waals surface area contributed by atoms with Gasteiger partial charge >= 0.3 is 0 Å². The monoisotopic (exact) mass is 277 g/mol. The normalized spacial score (nSPS) is 16.9. The highest BCUT2D eigenvalue weighted by Gasteiger charge is 2.18. The molecule has 5 heteroatoms. The molecular formula is C15H23N3O2. The first-order valence-corrected chi connectivity index (χ1v) is 7.01. The molecule has 0 unspecified atom stereocenters. The van der Waals surface area contributed by atoms with Gasteiger partial charge in [0, 0.05) is 24.8 Å². The molecule has 0 saturated carbocycles. The summed E-state index contributed by atoms with van der Waals surface area (Å²) in [5.74, 6) is 0.819. The lowest BCUT2D eigenvalue weighted by Crippen LogP contribution is -2.43. The number of hydrogen-bond acceptors (Lipinski definition) is 4. The highest BCUT2D eigenvalue weighted by Crippen LogP contribution is 2.21. The van der Waals surface area contributed by atoms with Crippen LogP contribution in [0.2, 0.25) is 0 Å². The van der Waals surface area contributed by atoms with Gasteiger partial charge in [-0.25, -0.2) is 0 Å². The molecule has 0 radical (unpaired) electrons. The van der Waals surface area contributed by atoms with E-state index >= 15 is 0 Å². The molecule has 1 saturated heterocycles. The number of likely N-dealkylation sites (tertiary alicyclic amines) is 1. The number of ether oxygens (including phenoxy) is 1. The number of hydrogen-bond donors (Lipinski definition) is 2.